The Hall–Kier alpha value is -2.87. The quantitative estimate of drug-likeness (QED) is 0.813. The van der Waals surface area contributed by atoms with Crippen molar-refractivity contribution in [2.75, 3.05) is 18.0 Å². The maximum absolute atomic E-state index is 13.0. The van der Waals surface area contributed by atoms with Crippen molar-refractivity contribution in [3.8, 4) is 12.1 Å². The van der Waals surface area contributed by atoms with Crippen LogP contribution in [-0.2, 0) is 4.79 Å². The molecule has 3 saturated heterocycles. The van der Waals surface area contributed by atoms with Crippen LogP contribution in [0.2, 0.25) is 0 Å². The number of carbonyl (C=O) groups is 1. The molecule has 4 fully saturated rings. The third-order valence-electron chi connectivity index (χ3n) is 6.97. The number of piperidine rings is 1. The molecule has 7 heteroatoms. The van der Waals surface area contributed by atoms with E-state index in [1.54, 1.807) is 12.1 Å². The van der Waals surface area contributed by atoms with Crippen molar-refractivity contribution in [3.05, 3.63) is 42.1 Å². The van der Waals surface area contributed by atoms with E-state index in [0.717, 1.165) is 37.2 Å². The normalized spacial score (nSPS) is 33.3. The minimum absolute atomic E-state index is 0.0764. The Bertz CT molecular complexity index is 961. The molecule has 1 aliphatic carbocycles. The highest BCUT2D eigenvalue weighted by atomic mass is 16.2. The third kappa shape index (κ3) is 2.81. The largest absolute Gasteiger partial charge is 0.355 e. The molecule has 4 aliphatic rings. The van der Waals surface area contributed by atoms with Gasteiger partial charge in [0, 0.05) is 30.5 Å². The number of benzene rings is 1. The van der Waals surface area contributed by atoms with Gasteiger partial charge in [-0.1, -0.05) is 12.6 Å². The van der Waals surface area contributed by atoms with Crippen molar-refractivity contribution >= 4 is 11.6 Å². The highest BCUT2D eigenvalue weighted by Crippen LogP contribution is 2.49. The Morgan fingerprint density at radius 3 is 2.86 bits per heavy atom. The lowest BCUT2D eigenvalue weighted by molar-refractivity contribution is -0.122. The zero-order valence-electron chi connectivity index (χ0n) is 16.2. The third-order valence-corrected chi connectivity index (χ3v) is 6.97. The molecular weight excluding hydrogens is 364 g/mol. The number of nitriles is 2. The predicted molar refractivity (Wildman–Crippen MR) is 107 cm³/mol. The summed E-state index contributed by atoms with van der Waals surface area (Å²) in [7, 11) is 0. The first-order chi connectivity index (χ1) is 14.0. The second-order valence-electron chi connectivity index (χ2n) is 8.68. The smallest absolute Gasteiger partial charge is 0.244 e. The molecule has 148 valence electrons. The monoisotopic (exact) mass is 388 g/mol. The summed E-state index contributed by atoms with van der Waals surface area (Å²) in [6, 6.07) is 11.7. The topological polar surface area (TPSA) is 100 Å². The minimum Gasteiger partial charge on any atom is -0.355 e. The molecule has 5 unspecified atom stereocenters. The van der Waals surface area contributed by atoms with E-state index in [4.69, 9.17) is 11.0 Å². The van der Waals surface area contributed by atoms with Gasteiger partial charge in [-0.15, -0.1) is 0 Å². The summed E-state index contributed by atoms with van der Waals surface area (Å²) in [5.41, 5.74) is 8.67. The average molecular weight is 388 g/mol. The van der Waals surface area contributed by atoms with Crippen molar-refractivity contribution in [3.63, 3.8) is 0 Å². The molecule has 2 bridgehead atoms. The molecule has 1 aromatic rings. The van der Waals surface area contributed by atoms with Crippen molar-refractivity contribution in [2.45, 2.75) is 49.5 Å². The van der Waals surface area contributed by atoms with Crippen LogP contribution in [0.3, 0.4) is 0 Å². The number of likely N-dealkylation sites (tertiary alicyclic amines) is 2. The summed E-state index contributed by atoms with van der Waals surface area (Å²) in [6.45, 7) is 5.55. The van der Waals surface area contributed by atoms with E-state index in [-0.39, 0.29) is 30.1 Å². The molecular formula is C22H24N6O. The summed E-state index contributed by atoms with van der Waals surface area (Å²) in [5.74, 6) is 0.693. The molecule has 1 aromatic carbocycles. The van der Waals surface area contributed by atoms with E-state index in [2.05, 4.69) is 28.5 Å². The van der Waals surface area contributed by atoms with Crippen molar-refractivity contribution in [1.82, 2.24) is 9.80 Å². The van der Waals surface area contributed by atoms with E-state index in [0.29, 0.717) is 24.1 Å². The molecule has 3 aliphatic heterocycles. The first kappa shape index (κ1) is 18.2. The van der Waals surface area contributed by atoms with Gasteiger partial charge in [-0.25, -0.2) is 0 Å². The highest BCUT2D eigenvalue weighted by Gasteiger charge is 2.54. The Kier molecular flexibility index (Phi) is 4.13. The fourth-order valence-electron chi connectivity index (χ4n) is 5.46. The van der Waals surface area contributed by atoms with Crippen LogP contribution in [0.1, 0.15) is 24.8 Å². The molecule has 3 heterocycles. The minimum atomic E-state index is -0.285. The van der Waals surface area contributed by atoms with Crippen molar-refractivity contribution < 1.29 is 4.79 Å². The van der Waals surface area contributed by atoms with Crippen LogP contribution in [0.15, 0.2) is 36.5 Å². The number of hydrogen-bond acceptors (Lipinski definition) is 6. The SMILES string of the molecule is C=C(C(N)CN1C[C@@H]2CC1C(=O)N2c1cccc(C#N)c1)N1C(C#N)CC2CC21. The fourth-order valence-corrected chi connectivity index (χ4v) is 5.46. The predicted octanol–water partition coefficient (Wildman–Crippen LogP) is 1.18. The molecule has 6 atom stereocenters. The van der Waals surface area contributed by atoms with E-state index in [1.165, 1.54) is 0 Å². The molecule has 0 spiro atoms. The van der Waals surface area contributed by atoms with Gasteiger partial charge in [-0.2, -0.15) is 10.5 Å². The van der Waals surface area contributed by atoms with Crippen molar-refractivity contribution in [1.29, 1.82) is 10.5 Å². The molecule has 0 radical (unpaired) electrons. The number of carbonyl (C=O) groups excluding carboxylic acids is 1. The van der Waals surface area contributed by atoms with Gasteiger partial charge < -0.3 is 15.5 Å². The lowest BCUT2D eigenvalue weighted by Gasteiger charge is -2.37. The van der Waals surface area contributed by atoms with Crippen LogP contribution in [0.25, 0.3) is 0 Å². The van der Waals surface area contributed by atoms with Crippen LogP contribution in [0.4, 0.5) is 5.69 Å². The molecule has 7 nitrogen and oxygen atoms in total. The van der Waals surface area contributed by atoms with E-state index in [1.807, 2.05) is 17.0 Å². The van der Waals surface area contributed by atoms with Crippen LogP contribution in [0.5, 0.6) is 0 Å². The standard InChI is InChI=1S/C22H24N6O/c1-13(27-17(10-24)6-15-7-20(15)27)19(25)12-26-11-18-8-21(26)22(29)28(18)16-4-2-3-14(5-16)9-23/h2-5,15,17-21H,1,6-8,11-12,25H2/t15?,17?,18-,19?,20?,21?/m0/s1. The molecule has 5 rings (SSSR count). The number of hydrogen-bond donors (Lipinski definition) is 1. The lowest BCUT2D eigenvalue weighted by atomic mass is 10.1. The summed E-state index contributed by atoms with van der Waals surface area (Å²) < 4.78 is 0. The summed E-state index contributed by atoms with van der Waals surface area (Å²) in [4.78, 5) is 19.2. The van der Waals surface area contributed by atoms with E-state index in [9.17, 15) is 10.1 Å². The number of nitrogens with two attached hydrogens (primary N) is 1. The molecule has 29 heavy (non-hydrogen) atoms. The van der Waals surface area contributed by atoms with Crippen LogP contribution >= 0.6 is 0 Å². The second-order valence-corrected chi connectivity index (χ2v) is 8.68. The second kappa shape index (κ2) is 6.59. The Labute approximate surface area is 170 Å². The highest BCUT2D eigenvalue weighted by molar-refractivity contribution is 6.01. The van der Waals surface area contributed by atoms with Gasteiger partial charge in [0.1, 0.15) is 6.04 Å². The average Bonchev–Trinajstić information content (AvgIpc) is 3.07. The molecule has 2 N–H and O–H groups in total. The zero-order chi connectivity index (χ0) is 20.3. The maximum atomic E-state index is 13.0. The summed E-state index contributed by atoms with van der Waals surface area (Å²) in [5, 5.41) is 18.6. The molecule has 1 saturated carbocycles. The van der Waals surface area contributed by atoms with Gasteiger partial charge in [0.2, 0.25) is 5.91 Å². The molecule has 0 aromatic heterocycles. The van der Waals surface area contributed by atoms with Crippen LogP contribution < -0.4 is 10.6 Å². The zero-order valence-corrected chi connectivity index (χ0v) is 16.2. The lowest BCUT2D eigenvalue weighted by Crippen LogP contribution is -2.54. The summed E-state index contributed by atoms with van der Waals surface area (Å²) >= 11 is 0. The first-order valence-corrected chi connectivity index (χ1v) is 10.2. The number of fused-ring (bicyclic) bond motifs is 3. The number of rotatable bonds is 5. The number of nitrogens with zero attached hydrogens (tertiary/aromatic N) is 5. The van der Waals surface area contributed by atoms with E-state index >= 15 is 0 Å². The molecule has 1 amide bonds. The van der Waals surface area contributed by atoms with Gasteiger partial charge in [0.15, 0.2) is 0 Å². The Morgan fingerprint density at radius 1 is 1.31 bits per heavy atom. The van der Waals surface area contributed by atoms with Gasteiger partial charge in [0.05, 0.1) is 35.8 Å². The van der Waals surface area contributed by atoms with E-state index < -0.39 is 0 Å². The number of anilines is 1. The van der Waals surface area contributed by atoms with Crippen LogP contribution in [0, 0.1) is 28.6 Å². The maximum Gasteiger partial charge on any atom is 0.244 e. The van der Waals surface area contributed by atoms with Crippen molar-refractivity contribution in [2.24, 2.45) is 11.7 Å². The van der Waals surface area contributed by atoms with Gasteiger partial charge in [-0.3, -0.25) is 9.69 Å². The first-order valence-electron chi connectivity index (χ1n) is 10.2. The van der Waals surface area contributed by atoms with Gasteiger partial charge in [-0.05, 0) is 43.4 Å². The number of piperazine rings is 1. The van der Waals surface area contributed by atoms with Gasteiger partial charge >= 0.3 is 0 Å². The fraction of sp³-hybridized carbons (Fsp3) is 0.500. The van der Waals surface area contributed by atoms with Gasteiger partial charge in [0.25, 0.3) is 0 Å². The Morgan fingerprint density at radius 2 is 2.14 bits per heavy atom. The van der Waals surface area contributed by atoms with Crippen LogP contribution in [-0.4, -0.2) is 59.0 Å². The number of amides is 1. The summed E-state index contributed by atoms with van der Waals surface area (Å²) in [6.07, 6.45) is 2.83. The Balaban J connectivity index is 1.26.